The fourth-order valence-corrected chi connectivity index (χ4v) is 3.37. The maximum absolute atomic E-state index is 14.4. The number of aromatic nitrogens is 2. The molecule has 3 nitrogen and oxygen atoms in total. The van der Waals surface area contributed by atoms with Crippen molar-refractivity contribution in [1.82, 2.24) is 15.1 Å². The van der Waals surface area contributed by atoms with Crippen molar-refractivity contribution in [1.29, 1.82) is 0 Å². The quantitative estimate of drug-likeness (QED) is 0.666. The van der Waals surface area contributed by atoms with E-state index < -0.39 is 11.6 Å². The molecule has 0 bridgehead atoms. The Labute approximate surface area is 157 Å². The smallest absolute Gasteiger partial charge is 0.133 e. The highest BCUT2D eigenvalue weighted by atomic mass is 19.1. The van der Waals surface area contributed by atoms with Crippen molar-refractivity contribution in [2.45, 2.75) is 13.5 Å². The van der Waals surface area contributed by atoms with E-state index in [9.17, 15) is 8.78 Å². The molecule has 2 heterocycles. The summed E-state index contributed by atoms with van der Waals surface area (Å²) >= 11 is 0. The number of halogens is 2. The first-order valence-corrected chi connectivity index (χ1v) is 8.79. The molecule has 0 radical (unpaired) electrons. The van der Waals surface area contributed by atoms with Crippen LogP contribution in [0.25, 0.3) is 16.8 Å². The number of fused-ring (bicyclic) bond motifs is 1. The van der Waals surface area contributed by atoms with Crippen molar-refractivity contribution >= 4 is 5.57 Å². The lowest BCUT2D eigenvalue weighted by atomic mass is 9.92. The number of likely N-dealkylation sites (N-methyl/N-ethyl adjacent to an activating group) is 1. The van der Waals surface area contributed by atoms with Crippen LogP contribution in [0, 0.1) is 18.6 Å². The molecular weight excluding hydrogens is 344 g/mol. The molecule has 0 N–H and O–H groups in total. The van der Waals surface area contributed by atoms with E-state index in [1.807, 2.05) is 44.3 Å². The first-order chi connectivity index (χ1) is 13.0. The monoisotopic (exact) mass is 363 g/mol. The second-order valence-corrected chi connectivity index (χ2v) is 6.87. The molecule has 3 aromatic rings. The Hall–Kier alpha value is -2.92. The molecular formula is C22H19F2N3. The van der Waals surface area contributed by atoms with Gasteiger partial charge in [0.1, 0.15) is 11.6 Å². The summed E-state index contributed by atoms with van der Waals surface area (Å²) in [6, 6.07) is 13.6. The fraction of sp³-hybridized carbons (Fsp3) is 0.182. The van der Waals surface area contributed by atoms with Gasteiger partial charge in [-0.2, -0.15) is 10.2 Å². The van der Waals surface area contributed by atoms with Gasteiger partial charge < -0.3 is 0 Å². The lowest BCUT2D eigenvalue weighted by Crippen LogP contribution is -2.16. The number of aryl methyl sites for hydroxylation is 1. The fourth-order valence-electron chi connectivity index (χ4n) is 3.37. The second-order valence-electron chi connectivity index (χ2n) is 6.87. The zero-order chi connectivity index (χ0) is 19.0. The molecule has 0 atom stereocenters. The highest BCUT2D eigenvalue weighted by Crippen LogP contribution is 2.33. The van der Waals surface area contributed by atoms with Crippen LogP contribution < -0.4 is 0 Å². The van der Waals surface area contributed by atoms with Gasteiger partial charge >= 0.3 is 0 Å². The molecule has 1 aliphatic heterocycles. The van der Waals surface area contributed by atoms with E-state index in [2.05, 4.69) is 21.2 Å². The third-order valence-corrected chi connectivity index (χ3v) is 4.76. The second kappa shape index (κ2) is 7.00. The summed E-state index contributed by atoms with van der Waals surface area (Å²) in [4.78, 5) is 2.15. The Morgan fingerprint density at radius 2 is 1.74 bits per heavy atom. The van der Waals surface area contributed by atoms with Crippen LogP contribution >= 0.6 is 0 Å². The minimum atomic E-state index is -0.573. The SMILES string of the molecule is Cc1ccc(-c2ccc3c(c2)CN(C)CC=C3c2ccc(F)cc2F)nn1. The summed E-state index contributed by atoms with van der Waals surface area (Å²) in [6.07, 6.45) is 1.99. The molecule has 1 aromatic heterocycles. The summed E-state index contributed by atoms with van der Waals surface area (Å²) in [6.45, 7) is 3.31. The van der Waals surface area contributed by atoms with Crippen molar-refractivity contribution < 1.29 is 8.78 Å². The van der Waals surface area contributed by atoms with Crippen LogP contribution in [0.1, 0.15) is 22.4 Å². The third kappa shape index (κ3) is 3.51. The molecule has 5 heteroatoms. The Morgan fingerprint density at radius 3 is 2.48 bits per heavy atom. The summed E-state index contributed by atoms with van der Waals surface area (Å²) in [5, 5.41) is 8.39. The van der Waals surface area contributed by atoms with E-state index >= 15 is 0 Å². The Morgan fingerprint density at radius 1 is 0.926 bits per heavy atom. The number of benzene rings is 2. The lowest BCUT2D eigenvalue weighted by molar-refractivity contribution is 0.366. The predicted octanol–water partition coefficient (Wildman–Crippen LogP) is 4.61. The lowest BCUT2D eigenvalue weighted by Gasteiger charge is -2.15. The zero-order valence-corrected chi connectivity index (χ0v) is 15.2. The van der Waals surface area contributed by atoms with Gasteiger partial charge in [0.05, 0.1) is 11.4 Å². The summed E-state index contributed by atoms with van der Waals surface area (Å²) in [7, 11) is 2.02. The van der Waals surface area contributed by atoms with Crippen LogP contribution in [0.15, 0.2) is 54.6 Å². The van der Waals surface area contributed by atoms with Crippen molar-refractivity contribution in [3.63, 3.8) is 0 Å². The average Bonchev–Trinajstić information content (AvgIpc) is 2.80. The molecule has 0 fully saturated rings. The van der Waals surface area contributed by atoms with E-state index in [1.54, 1.807) is 0 Å². The van der Waals surface area contributed by atoms with E-state index in [0.29, 0.717) is 12.1 Å². The number of hydrogen-bond donors (Lipinski definition) is 0. The first-order valence-electron chi connectivity index (χ1n) is 8.79. The highest BCUT2D eigenvalue weighted by Gasteiger charge is 2.19. The normalized spacial score (nSPS) is 14.4. The van der Waals surface area contributed by atoms with Crippen molar-refractivity contribution in [3.05, 3.63) is 88.6 Å². The Bertz CT molecular complexity index is 1030. The third-order valence-electron chi connectivity index (χ3n) is 4.76. The Balaban J connectivity index is 1.82. The summed E-state index contributed by atoms with van der Waals surface area (Å²) in [5.74, 6) is -1.12. The van der Waals surface area contributed by atoms with Crippen molar-refractivity contribution in [3.8, 4) is 11.3 Å². The predicted molar refractivity (Wildman–Crippen MR) is 102 cm³/mol. The average molecular weight is 363 g/mol. The molecule has 0 saturated carbocycles. The van der Waals surface area contributed by atoms with E-state index in [1.165, 1.54) is 12.1 Å². The van der Waals surface area contributed by atoms with Crippen LogP contribution in [0.5, 0.6) is 0 Å². The number of hydrogen-bond acceptors (Lipinski definition) is 3. The summed E-state index contributed by atoms with van der Waals surface area (Å²) in [5.41, 5.74) is 5.86. The molecule has 0 aliphatic carbocycles. The molecule has 27 heavy (non-hydrogen) atoms. The maximum atomic E-state index is 14.4. The van der Waals surface area contributed by atoms with Gasteiger partial charge in [0.15, 0.2) is 0 Å². The largest absolute Gasteiger partial charge is 0.298 e. The van der Waals surface area contributed by atoms with Gasteiger partial charge in [0.2, 0.25) is 0 Å². The van der Waals surface area contributed by atoms with Crippen LogP contribution in [0.3, 0.4) is 0 Å². The van der Waals surface area contributed by atoms with Gasteiger partial charge in [-0.15, -0.1) is 0 Å². The van der Waals surface area contributed by atoms with Crippen molar-refractivity contribution in [2.75, 3.05) is 13.6 Å². The van der Waals surface area contributed by atoms with Gasteiger partial charge in [0, 0.05) is 30.3 Å². The topological polar surface area (TPSA) is 29.0 Å². The van der Waals surface area contributed by atoms with Crippen LogP contribution in [0.2, 0.25) is 0 Å². The maximum Gasteiger partial charge on any atom is 0.133 e. The standard InChI is InChI=1S/C22H19F2N3/c1-14-3-8-22(26-25-14)15-4-6-18-16(11-15)13-27(2)10-9-19(18)20-7-5-17(23)12-21(20)24/h3-9,11-12H,10,13H2,1-2H3. The van der Waals surface area contributed by atoms with Crippen molar-refractivity contribution in [2.24, 2.45) is 0 Å². The highest BCUT2D eigenvalue weighted by molar-refractivity contribution is 5.83. The van der Waals surface area contributed by atoms with Gasteiger partial charge in [-0.25, -0.2) is 8.78 Å². The van der Waals surface area contributed by atoms with Gasteiger partial charge in [-0.1, -0.05) is 18.2 Å². The molecule has 1 aliphatic rings. The molecule has 0 spiro atoms. The molecule has 0 unspecified atom stereocenters. The minimum Gasteiger partial charge on any atom is -0.298 e. The van der Waals surface area contributed by atoms with E-state index in [-0.39, 0.29) is 0 Å². The first kappa shape index (κ1) is 17.5. The Kier molecular flexibility index (Phi) is 4.54. The number of rotatable bonds is 2. The van der Waals surface area contributed by atoms with Crippen LogP contribution in [0.4, 0.5) is 8.78 Å². The summed E-state index contributed by atoms with van der Waals surface area (Å²) < 4.78 is 27.8. The van der Waals surface area contributed by atoms with Crippen LogP contribution in [-0.2, 0) is 6.54 Å². The van der Waals surface area contributed by atoms with E-state index in [0.717, 1.165) is 46.3 Å². The molecule has 0 amide bonds. The van der Waals surface area contributed by atoms with Gasteiger partial charge in [-0.3, -0.25) is 4.90 Å². The van der Waals surface area contributed by atoms with Gasteiger partial charge in [0.25, 0.3) is 0 Å². The molecule has 2 aromatic carbocycles. The van der Waals surface area contributed by atoms with Crippen LogP contribution in [-0.4, -0.2) is 28.7 Å². The molecule has 4 rings (SSSR count). The zero-order valence-electron chi connectivity index (χ0n) is 15.2. The number of nitrogens with zero attached hydrogens (tertiary/aromatic N) is 3. The van der Waals surface area contributed by atoms with Gasteiger partial charge in [-0.05, 0) is 61.0 Å². The molecule has 136 valence electrons. The minimum absolute atomic E-state index is 0.413. The van der Waals surface area contributed by atoms with E-state index in [4.69, 9.17) is 0 Å². The molecule has 0 saturated heterocycles.